The van der Waals surface area contributed by atoms with Crippen molar-refractivity contribution in [3.05, 3.63) is 63.1 Å². The highest BCUT2D eigenvalue weighted by Crippen LogP contribution is 2.43. The molecule has 1 aliphatic heterocycles. The van der Waals surface area contributed by atoms with Gasteiger partial charge in [-0.2, -0.15) is 0 Å². The highest BCUT2D eigenvalue weighted by Gasteiger charge is 2.33. The molecule has 1 fully saturated rings. The van der Waals surface area contributed by atoms with Crippen LogP contribution in [-0.2, 0) is 0 Å². The molecule has 2 aromatic rings. The first-order valence-corrected chi connectivity index (χ1v) is 9.68. The molecule has 1 atom stereocenters. The summed E-state index contributed by atoms with van der Waals surface area (Å²) in [5.41, 5.74) is 4.13. The lowest BCUT2D eigenvalue weighted by molar-refractivity contribution is 0.0759. The van der Waals surface area contributed by atoms with E-state index in [1.165, 1.54) is 5.56 Å². The maximum absolute atomic E-state index is 13.0. The number of carbonyl (C=O) groups is 1. The first kappa shape index (κ1) is 17.4. The van der Waals surface area contributed by atoms with Crippen molar-refractivity contribution in [3.63, 3.8) is 0 Å². The van der Waals surface area contributed by atoms with E-state index in [1.54, 1.807) is 18.9 Å². The molecule has 0 spiro atoms. The molecule has 0 saturated carbocycles. The van der Waals surface area contributed by atoms with Crippen LogP contribution in [0.25, 0.3) is 0 Å². The fourth-order valence-electron chi connectivity index (χ4n) is 2.87. The number of hydrogen-bond donors (Lipinski definition) is 0. The predicted octanol–water partition coefficient (Wildman–Crippen LogP) is 4.96. The molecule has 2 aromatic carbocycles. The minimum absolute atomic E-state index is 0.0217. The van der Waals surface area contributed by atoms with Gasteiger partial charge in [0.05, 0.1) is 7.11 Å². The van der Waals surface area contributed by atoms with Gasteiger partial charge in [-0.15, -0.1) is 11.8 Å². The topological polar surface area (TPSA) is 29.5 Å². The summed E-state index contributed by atoms with van der Waals surface area (Å²) >= 11 is 5.30. The van der Waals surface area contributed by atoms with Crippen molar-refractivity contribution in [2.75, 3.05) is 19.4 Å². The van der Waals surface area contributed by atoms with E-state index in [4.69, 9.17) is 4.74 Å². The van der Waals surface area contributed by atoms with Gasteiger partial charge >= 0.3 is 0 Å². The van der Waals surface area contributed by atoms with Crippen molar-refractivity contribution in [3.8, 4) is 5.75 Å². The van der Waals surface area contributed by atoms with E-state index in [1.807, 2.05) is 48.2 Å². The Labute approximate surface area is 155 Å². The van der Waals surface area contributed by atoms with Crippen LogP contribution in [0.1, 0.15) is 32.4 Å². The number of ether oxygens (including phenoxy) is 1. The van der Waals surface area contributed by atoms with E-state index in [0.717, 1.165) is 39.2 Å². The summed E-state index contributed by atoms with van der Waals surface area (Å²) in [6.45, 7) is 4.85. The lowest BCUT2D eigenvalue weighted by Crippen LogP contribution is -2.30. The van der Waals surface area contributed by atoms with Crippen molar-refractivity contribution in [1.29, 1.82) is 0 Å². The zero-order valence-electron chi connectivity index (χ0n) is 14.0. The third kappa shape index (κ3) is 3.33. The third-order valence-corrected chi connectivity index (χ3v) is 6.10. The van der Waals surface area contributed by atoms with Gasteiger partial charge in [-0.3, -0.25) is 4.79 Å². The van der Waals surface area contributed by atoms with Crippen LogP contribution in [0.2, 0.25) is 0 Å². The molecule has 0 N–H and O–H groups in total. The lowest BCUT2D eigenvalue weighted by atomic mass is 10.1. The maximum atomic E-state index is 13.0. The highest BCUT2D eigenvalue weighted by atomic mass is 79.9. The molecule has 1 amide bonds. The van der Waals surface area contributed by atoms with Crippen LogP contribution < -0.4 is 4.74 Å². The molecular formula is C19H20BrNO2S. The number of hydrogen-bond acceptors (Lipinski definition) is 3. The molecule has 0 aromatic heterocycles. The first-order chi connectivity index (χ1) is 11.5. The number of benzene rings is 2. The summed E-state index contributed by atoms with van der Waals surface area (Å²) in [6.07, 6.45) is 0. The number of carbonyl (C=O) groups excluding carboxylic acids is 1. The molecule has 3 rings (SSSR count). The SMILES string of the molecule is COc1ccc(Br)cc1C1SCCN1C(=O)c1ccc(C)c(C)c1. The minimum Gasteiger partial charge on any atom is -0.496 e. The van der Waals surface area contributed by atoms with Crippen molar-refractivity contribution in [2.45, 2.75) is 19.2 Å². The molecule has 126 valence electrons. The Balaban J connectivity index is 1.94. The maximum Gasteiger partial charge on any atom is 0.255 e. The quantitative estimate of drug-likeness (QED) is 0.722. The van der Waals surface area contributed by atoms with Gasteiger partial charge in [0, 0.05) is 27.9 Å². The Morgan fingerprint density at radius 1 is 1.21 bits per heavy atom. The monoisotopic (exact) mass is 405 g/mol. The van der Waals surface area contributed by atoms with Crippen LogP contribution in [0, 0.1) is 13.8 Å². The van der Waals surface area contributed by atoms with Crippen LogP contribution in [-0.4, -0.2) is 30.2 Å². The number of amides is 1. The van der Waals surface area contributed by atoms with E-state index >= 15 is 0 Å². The summed E-state index contributed by atoms with van der Waals surface area (Å²) < 4.78 is 6.50. The standard InChI is InChI=1S/C19H20BrNO2S/c1-12-4-5-14(10-13(12)2)18(22)21-8-9-24-19(21)16-11-15(20)6-7-17(16)23-3/h4-7,10-11,19H,8-9H2,1-3H3. The summed E-state index contributed by atoms with van der Waals surface area (Å²) in [6, 6.07) is 11.9. The average molecular weight is 406 g/mol. The number of halogens is 1. The van der Waals surface area contributed by atoms with Crippen molar-refractivity contribution < 1.29 is 9.53 Å². The molecule has 1 saturated heterocycles. The van der Waals surface area contributed by atoms with Crippen LogP contribution in [0.5, 0.6) is 5.75 Å². The molecule has 5 heteroatoms. The minimum atomic E-state index is -0.0217. The second-order valence-electron chi connectivity index (χ2n) is 5.91. The summed E-state index contributed by atoms with van der Waals surface area (Å²) in [5, 5.41) is -0.0217. The zero-order valence-corrected chi connectivity index (χ0v) is 16.4. The number of aryl methyl sites for hydroxylation is 2. The Morgan fingerprint density at radius 3 is 2.71 bits per heavy atom. The van der Waals surface area contributed by atoms with Crippen LogP contribution in [0.3, 0.4) is 0 Å². The van der Waals surface area contributed by atoms with Crippen LogP contribution in [0.4, 0.5) is 0 Å². The molecule has 0 radical (unpaired) electrons. The number of methoxy groups -OCH3 is 1. The summed E-state index contributed by atoms with van der Waals surface area (Å²) in [7, 11) is 1.67. The summed E-state index contributed by atoms with van der Waals surface area (Å²) in [5.74, 6) is 1.82. The van der Waals surface area contributed by atoms with Crippen molar-refractivity contribution in [2.24, 2.45) is 0 Å². The van der Waals surface area contributed by atoms with Gasteiger partial charge in [0.2, 0.25) is 0 Å². The molecular weight excluding hydrogens is 386 g/mol. The Hall–Kier alpha value is -1.46. The Bertz CT molecular complexity index is 778. The largest absolute Gasteiger partial charge is 0.496 e. The number of thioether (sulfide) groups is 1. The normalized spacial score (nSPS) is 17.2. The molecule has 0 aliphatic carbocycles. The zero-order chi connectivity index (χ0) is 17.3. The average Bonchev–Trinajstić information content (AvgIpc) is 3.06. The van der Waals surface area contributed by atoms with Crippen LogP contribution in [0.15, 0.2) is 40.9 Å². The van der Waals surface area contributed by atoms with E-state index in [9.17, 15) is 4.79 Å². The van der Waals surface area contributed by atoms with Gasteiger partial charge in [0.25, 0.3) is 5.91 Å². The van der Waals surface area contributed by atoms with Gasteiger partial charge in [-0.05, 0) is 55.3 Å². The van der Waals surface area contributed by atoms with Crippen molar-refractivity contribution >= 4 is 33.6 Å². The second kappa shape index (κ2) is 7.19. The van der Waals surface area contributed by atoms with E-state index < -0.39 is 0 Å². The number of rotatable bonds is 3. The molecule has 0 bridgehead atoms. The fourth-order valence-corrected chi connectivity index (χ4v) is 4.52. The van der Waals surface area contributed by atoms with Crippen molar-refractivity contribution in [1.82, 2.24) is 4.90 Å². The van der Waals surface area contributed by atoms with E-state index in [2.05, 4.69) is 22.9 Å². The molecule has 1 heterocycles. The second-order valence-corrected chi connectivity index (χ2v) is 8.01. The number of nitrogens with zero attached hydrogens (tertiary/aromatic N) is 1. The molecule has 24 heavy (non-hydrogen) atoms. The van der Waals surface area contributed by atoms with E-state index in [0.29, 0.717) is 0 Å². The van der Waals surface area contributed by atoms with Gasteiger partial charge < -0.3 is 9.64 Å². The predicted molar refractivity (Wildman–Crippen MR) is 103 cm³/mol. The van der Waals surface area contributed by atoms with Gasteiger partial charge in [0.15, 0.2) is 0 Å². The molecule has 3 nitrogen and oxygen atoms in total. The Kier molecular flexibility index (Phi) is 5.21. The summed E-state index contributed by atoms with van der Waals surface area (Å²) in [4.78, 5) is 15.0. The van der Waals surface area contributed by atoms with E-state index in [-0.39, 0.29) is 11.3 Å². The fraction of sp³-hybridized carbons (Fsp3) is 0.316. The first-order valence-electron chi connectivity index (χ1n) is 7.84. The molecule has 1 aliphatic rings. The van der Waals surface area contributed by atoms with Gasteiger partial charge in [0.1, 0.15) is 11.1 Å². The highest BCUT2D eigenvalue weighted by molar-refractivity contribution is 9.10. The Morgan fingerprint density at radius 2 is 2.00 bits per heavy atom. The smallest absolute Gasteiger partial charge is 0.255 e. The van der Waals surface area contributed by atoms with Crippen LogP contribution >= 0.6 is 27.7 Å². The van der Waals surface area contributed by atoms with Gasteiger partial charge in [-0.1, -0.05) is 22.0 Å². The lowest BCUT2D eigenvalue weighted by Gasteiger charge is -2.26. The molecule has 1 unspecified atom stereocenters. The van der Waals surface area contributed by atoms with Gasteiger partial charge in [-0.25, -0.2) is 0 Å². The third-order valence-electron chi connectivity index (χ3n) is 4.36.